The molecule has 0 spiro atoms. The SMILES string of the molecule is CNc1cc(-c2ccc(OC)c(NSC)c2)cn(C)c1=O. The first-order valence-corrected chi connectivity index (χ1v) is 7.69. The Kier molecular flexibility index (Phi) is 4.80. The molecule has 0 aliphatic carbocycles. The van der Waals surface area contributed by atoms with Crippen molar-refractivity contribution in [3.05, 3.63) is 40.8 Å². The fourth-order valence-corrected chi connectivity index (χ4v) is 2.51. The number of ether oxygens (including phenoxy) is 1. The normalized spacial score (nSPS) is 10.3. The Morgan fingerprint density at radius 1 is 1.19 bits per heavy atom. The number of nitrogens with zero attached hydrogens (tertiary/aromatic N) is 1. The first-order valence-electron chi connectivity index (χ1n) is 6.46. The van der Waals surface area contributed by atoms with E-state index in [0.717, 1.165) is 22.6 Å². The van der Waals surface area contributed by atoms with E-state index in [0.29, 0.717) is 5.69 Å². The third-order valence-electron chi connectivity index (χ3n) is 3.20. The predicted molar refractivity (Wildman–Crippen MR) is 90.4 cm³/mol. The van der Waals surface area contributed by atoms with Crippen molar-refractivity contribution in [2.75, 3.05) is 30.5 Å². The second-order valence-corrected chi connectivity index (χ2v) is 5.14. The van der Waals surface area contributed by atoms with Gasteiger partial charge >= 0.3 is 0 Å². The summed E-state index contributed by atoms with van der Waals surface area (Å²) in [6.45, 7) is 0. The van der Waals surface area contributed by atoms with Crippen molar-refractivity contribution in [2.45, 2.75) is 0 Å². The van der Waals surface area contributed by atoms with Crippen molar-refractivity contribution < 1.29 is 4.74 Å². The van der Waals surface area contributed by atoms with Gasteiger partial charge in [-0.05, 0) is 23.8 Å². The number of methoxy groups -OCH3 is 1. The Morgan fingerprint density at radius 3 is 2.52 bits per heavy atom. The zero-order valence-electron chi connectivity index (χ0n) is 12.6. The van der Waals surface area contributed by atoms with Crippen molar-refractivity contribution in [3.8, 4) is 16.9 Å². The highest BCUT2D eigenvalue weighted by Gasteiger charge is 2.08. The maximum Gasteiger partial charge on any atom is 0.273 e. The van der Waals surface area contributed by atoms with E-state index in [-0.39, 0.29) is 5.56 Å². The highest BCUT2D eigenvalue weighted by atomic mass is 32.2. The number of rotatable bonds is 5. The molecule has 0 aliphatic heterocycles. The Bertz CT molecular complexity index is 698. The lowest BCUT2D eigenvalue weighted by molar-refractivity contribution is 0.417. The van der Waals surface area contributed by atoms with Crippen LogP contribution < -0.4 is 20.3 Å². The van der Waals surface area contributed by atoms with Crippen LogP contribution in [-0.4, -0.2) is 25.0 Å². The summed E-state index contributed by atoms with van der Waals surface area (Å²) in [5, 5.41) is 2.93. The molecule has 2 N–H and O–H groups in total. The van der Waals surface area contributed by atoms with Crippen molar-refractivity contribution >= 4 is 23.3 Å². The molecule has 1 aromatic heterocycles. The number of nitrogens with one attached hydrogen (secondary N) is 2. The Balaban J connectivity index is 2.54. The molecule has 0 saturated carbocycles. The molecule has 5 nitrogen and oxygen atoms in total. The van der Waals surface area contributed by atoms with Crippen molar-refractivity contribution in [3.63, 3.8) is 0 Å². The number of pyridine rings is 1. The quantitative estimate of drug-likeness (QED) is 0.832. The molecule has 21 heavy (non-hydrogen) atoms. The predicted octanol–water partition coefficient (Wildman–Crippen LogP) is 2.79. The standard InChI is InChI=1S/C15H19N3O2S/c1-16-13-8-11(9-18(2)15(13)19)10-5-6-14(20-3)12(7-10)17-21-4/h5-9,16-17H,1-4H3. The number of benzene rings is 1. The molecule has 0 aliphatic rings. The van der Waals surface area contributed by atoms with Gasteiger partial charge in [0.05, 0.1) is 12.8 Å². The van der Waals surface area contributed by atoms with Gasteiger partial charge in [-0.2, -0.15) is 0 Å². The van der Waals surface area contributed by atoms with Crippen molar-refractivity contribution in [1.29, 1.82) is 0 Å². The zero-order valence-corrected chi connectivity index (χ0v) is 13.4. The minimum absolute atomic E-state index is 0.0442. The van der Waals surface area contributed by atoms with Gasteiger partial charge in [0.2, 0.25) is 0 Å². The minimum atomic E-state index is -0.0442. The molecule has 0 radical (unpaired) electrons. The van der Waals surface area contributed by atoms with Crippen LogP contribution in [0.5, 0.6) is 5.75 Å². The molecule has 0 unspecified atom stereocenters. The molecule has 1 heterocycles. The lowest BCUT2D eigenvalue weighted by atomic mass is 10.1. The molecule has 1 aromatic carbocycles. The molecule has 0 saturated heterocycles. The van der Waals surface area contributed by atoms with Crippen LogP contribution in [0, 0.1) is 0 Å². The summed E-state index contributed by atoms with van der Waals surface area (Å²) in [4.78, 5) is 11.9. The van der Waals surface area contributed by atoms with Gasteiger partial charge in [-0.15, -0.1) is 0 Å². The molecule has 112 valence electrons. The van der Waals surface area contributed by atoms with Crippen LogP contribution in [0.3, 0.4) is 0 Å². The van der Waals surface area contributed by atoms with Gasteiger partial charge in [0.15, 0.2) is 0 Å². The highest BCUT2D eigenvalue weighted by molar-refractivity contribution is 7.99. The maximum atomic E-state index is 11.9. The van der Waals surface area contributed by atoms with E-state index in [1.807, 2.05) is 36.7 Å². The van der Waals surface area contributed by atoms with E-state index in [4.69, 9.17) is 4.74 Å². The molecule has 2 rings (SSSR count). The van der Waals surface area contributed by atoms with Gasteiger partial charge in [0.1, 0.15) is 11.4 Å². The Hall–Kier alpha value is -2.08. The van der Waals surface area contributed by atoms with Gasteiger partial charge in [-0.1, -0.05) is 18.0 Å². The van der Waals surface area contributed by atoms with E-state index in [9.17, 15) is 4.79 Å². The third kappa shape index (κ3) is 3.16. The summed E-state index contributed by atoms with van der Waals surface area (Å²) in [6.07, 6.45) is 3.78. The molecule has 6 heteroatoms. The average Bonchev–Trinajstić information content (AvgIpc) is 2.50. The number of hydrogen-bond acceptors (Lipinski definition) is 5. The number of hydrogen-bond donors (Lipinski definition) is 2. The molecule has 0 atom stereocenters. The van der Waals surface area contributed by atoms with Crippen LogP contribution in [-0.2, 0) is 7.05 Å². The summed E-state index contributed by atoms with van der Waals surface area (Å²) < 4.78 is 10.1. The topological polar surface area (TPSA) is 55.3 Å². The van der Waals surface area contributed by atoms with Crippen LogP contribution >= 0.6 is 11.9 Å². The van der Waals surface area contributed by atoms with E-state index in [2.05, 4.69) is 10.0 Å². The minimum Gasteiger partial charge on any atom is -0.495 e. The van der Waals surface area contributed by atoms with Crippen LogP contribution in [0.1, 0.15) is 0 Å². The molecular formula is C15H19N3O2S. The Labute approximate surface area is 128 Å². The van der Waals surface area contributed by atoms with E-state index in [1.165, 1.54) is 11.9 Å². The van der Waals surface area contributed by atoms with Crippen LogP contribution in [0.15, 0.2) is 35.3 Å². The Morgan fingerprint density at radius 2 is 1.90 bits per heavy atom. The summed E-state index contributed by atoms with van der Waals surface area (Å²) in [5.74, 6) is 0.784. The second-order valence-electron chi connectivity index (χ2n) is 4.53. The average molecular weight is 305 g/mol. The highest BCUT2D eigenvalue weighted by Crippen LogP contribution is 2.32. The van der Waals surface area contributed by atoms with Gasteiger partial charge in [-0.3, -0.25) is 4.79 Å². The van der Waals surface area contributed by atoms with E-state index in [1.54, 1.807) is 25.8 Å². The van der Waals surface area contributed by atoms with Crippen molar-refractivity contribution in [2.24, 2.45) is 7.05 Å². The monoisotopic (exact) mass is 305 g/mol. The smallest absolute Gasteiger partial charge is 0.273 e. The van der Waals surface area contributed by atoms with Gasteiger partial charge in [-0.25, -0.2) is 0 Å². The first-order chi connectivity index (χ1) is 10.1. The molecule has 0 fully saturated rings. The molecule has 0 amide bonds. The molecule has 0 bridgehead atoms. The number of aromatic nitrogens is 1. The summed E-state index contributed by atoms with van der Waals surface area (Å²) >= 11 is 1.50. The summed E-state index contributed by atoms with van der Waals surface area (Å²) in [5.41, 5.74) is 3.41. The lowest BCUT2D eigenvalue weighted by Gasteiger charge is -2.13. The lowest BCUT2D eigenvalue weighted by Crippen LogP contribution is -2.19. The van der Waals surface area contributed by atoms with Crippen LogP contribution in [0.2, 0.25) is 0 Å². The summed E-state index contributed by atoms with van der Waals surface area (Å²) in [6, 6.07) is 7.75. The van der Waals surface area contributed by atoms with Gasteiger partial charge in [0.25, 0.3) is 5.56 Å². The van der Waals surface area contributed by atoms with Crippen molar-refractivity contribution in [1.82, 2.24) is 4.57 Å². The van der Waals surface area contributed by atoms with Crippen LogP contribution in [0.4, 0.5) is 11.4 Å². The molecular weight excluding hydrogens is 286 g/mol. The third-order valence-corrected chi connectivity index (χ3v) is 3.62. The molecule has 2 aromatic rings. The van der Waals surface area contributed by atoms with Gasteiger partial charge < -0.3 is 19.3 Å². The largest absolute Gasteiger partial charge is 0.495 e. The fourth-order valence-electron chi connectivity index (χ4n) is 2.13. The van der Waals surface area contributed by atoms with E-state index >= 15 is 0 Å². The fraction of sp³-hybridized carbons (Fsp3) is 0.267. The number of anilines is 2. The zero-order chi connectivity index (χ0) is 15.4. The first kappa shape index (κ1) is 15.3. The van der Waals surface area contributed by atoms with E-state index < -0.39 is 0 Å². The maximum absolute atomic E-state index is 11.9. The summed E-state index contributed by atoms with van der Waals surface area (Å²) in [7, 11) is 5.14. The van der Waals surface area contributed by atoms with Gasteiger partial charge in [0, 0.05) is 32.1 Å². The van der Waals surface area contributed by atoms with Crippen LogP contribution in [0.25, 0.3) is 11.1 Å². The number of aryl methyl sites for hydroxylation is 1. The second kappa shape index (κ2) is 6.58.